The van der Waals surface area contributed by atoms with Crippen LogP contribution in [0.2, 0.25) is 0 Å². The Morgan fingerprint density at radius 2 is 2.31 bits per heavy atom. The summed E-state index contributed by atoms with van der Waals surface area (Å²) in [4.78, 5) is 2.39. The van der Waals surface area contributed by atoms with Crippen LogP contribution in [0.15, 0.2) is 0 Å². The van der Waals surface area contributed by atoms with E-state index in [2.05, 4.69) is 48.2 Å². The lowest BCUT2D eigenvalue weighted by Gasteiger charge is -2.13. The number of nitrogens with zero attached hydrogens (tertiary/aromatic N) is 2. The molecular formula is C12H22N4. The number of nitrogens with one attached hydrogen (secondary N) is 2. The predicted molar refractivity (Wildman–Crippen MR) is 66.8 cm³/mol. The van der Waals surface area contributed by atoms with Crippen molar-refractivity contribution in [1.29, 1.82) is 0 Å². The normalized spacial score (nSPS) is 26.2. The van der Waals surface area contributed by atoms with E-state index in [4.69, 9.17) is 0 Å². The molecule has 1 aromatic heterocycles. The largest absolute Gasteiger partial charge is 0.364 e. The SMILES string of the molecule is CCc1[nH]nc(NC2CC(C)N(C)C2)c1C. The fraction of sp³-hybridized carbons (Fsp3) is 0.750. The second-order valence-electron chi connectivity index (χ2n) is 4.89. The van der Waals surface area contributed by atoms with Crippen molar-refractivity contribution in [1.82, 2.24) is 15.1 Å². The summed E-state index contributed by atoms with van der Waals surface area (Å²) in [5, 5.41) is 11.0. The van der Waals surface area contributed by atoms with Gasteiger partial charge in [0.2, 0.25) is 0 Å². The fourth-order valence-corrected chi connectivity index (χ4v) is 2.41. The first kappa shape index (κ1) is 11.5. The molecule has 90 valence electrons. The van der Waals surface area contributed by atoms with Crippen LogP contribution in [0.3, 0.4) is 0 Å². The van der Waals surface area contributed by atoms with E-state index in [1.807, 2.05) is 0 Å². The highest BCUT2D eigenvalue weighted by molar-refractivity contribution is 5.46. The van der Waals surface area contributed by atoms with Gasteiger partial charge in [0.1, 0.15) is 0 Å². The van der Waals surface area contributed by atoms with E-state index in [1.54, 1.807) is 0 Å². The van der Waals surface area contributed by atoms with Crippen LogP contribution in [0, 0.1) is 6.92 Å². The molecule has 0 aromatic carbocycles. The minimum absolute atomic E-state index is 0.534. The third-order valence-corrected chi connectivity index (χ3v) is 3.69. The molecule has 2 rings (SSSR count). The average molecular weight is 222 g/mol. The van der Waals surface area contributed by atoms with Crippen LogP contribution in [0.1, 0.15) is 31.5 Å². The molecule has 2 N–H and O–H groups in total. The van der Waals surface area contributed by atoms with Crippen LogP contribution in [0.25, 0.3) is 0 Å². The maximum atomic E-state index is 4.35. The van der Waals surface area contributed by atoms with Gasteiger partial charge in [-0.25, -0.2) is 0 Å². The topological polar surface area (TPSA) is 44.0 Å². The van der Waals surface area contributed by atoms with Crippen molar-refractivity contribution >= 4 is 5.82 Å². The molecule has 0 radical (unpaired) electrons. The number of likely N-dealkylation sites (N-methyl/N-ethyl adjacent to an activating group) is 1. The number of rotatable bonds is 3. The van der Waals surface area contributed by atoms with E-state index in [0.717, 1.165) is 18.8 Å². The number of anilines is 1. The Balaban J connectivity index is 2.02. The summed E-state index contributed by atoms with van der Waals surface area (Å²) in [6, 6.07) is 1.20. The van der Waals surface area contributed by atoms with Gasteiger partial charge in [-0.15, -0.1) is 0 Å². The van der Waals surface area contributed by atoms with Gasteiger partial charge >= 0.3 is 0 Å². The van der Waals surface area contributed by atoms with Gasteiger partial charge in [0, 0.05) is 29.9 Å². The van der Waals surface area contributed by atoms with E-state index in [1.165, 1.54) is 17.7 Å². The molecule has 0 aliphatic carbocycles. The molecule has 1 saturated heterocycles. The lowest BCUT2D eigenvalue weighted by atomic mass is 10.1. The second-order valence-corrected chi connectivity index (χ2v) is 4.89. The van der Waals surface area contributed by atoms with E-state index in [0.29, 0.717) is 12.1 Å². The highest BCUT2D eigenvalue weighted by Gasteiger charge is 2.26. The van der Waals surface area contributed by atoms with E-state index >= 15 is 0 Å². The zero-order valence-electron chi connectivity index (χ0n) is 10.7. The van der Waals surface area contributed by atoms with Crippen molar-refractivity contribution in [3.8, 4) is 0 Å². The molecule has 4 nitrogen and oxygen atoms in total. The first-order valence-electron chi connectivity index (χ1n) is 6.12. The number of H-pyrrole nitrogens is 1. The lowest BCUT2D eigenvalue weighted by Crippen LogP contribution is -2.25. The third kappa shape index (κ3) is 2.07. The van der Waals surface area contributed by atoms with Gasteiger partial charge in [-0.05, 0) is 33.7 Å². The number of hydrogen-bond donors (Lipinski definition) is 2. The molecule has 0 bridgehead atoms. The zero-order chi connectivity index (χ0) is 11.7. The van der Waals surface area contributed by atoms with E-state index in [9.17, 15) is 0 Å². The summed E-state index contributed by atoms with van der Waals surface area (Å²) in [6.45, 7) is 7.66. The number of aryl methyl sites for hydroxylation is 1. The minimum Gasteiger partial charge on any atom is -0.364 e. The molecule has 0 saturated carbocycles. The second kappa shape index (κ2) is 4.45. The van der Waals surface area contributed by atoms with Gasteiger partial charge in [0.25, 0.3) is 0 Å². The highest BCUT2D eigenvalue weighted by Crippen LogP contribution is 2.21. The van der Waals surface area contributed by atoms with Gasteiger partial charge < -0.3 is 10.2 Å². The number of hydrogen-bond acceptors (Lipinski definition) is 3. The predicted octanol–water partition coefficient (Wildman–Crippen LogP) is 1.79. The molecule has 0 spiro atoms. The summed E-state index contributed by atoms with van der Waals surface area (Å²) >= 11 is 0. The Hall–Kier alpha value is -1.03. The highest BCUT2D eigenvalue weighted by atomic mass is 15.2. The molecule has 2 heterocycles. The molecule has 1 aliphatic heterocycles. The van der Waals surface area contributed by atoms with Gasteiger partial charge in [0.15, 0.2) is 5.82 Å². The van der Waals surface area contributed by atoms with E-state index in [-0.39, 0.29) is 0 Å². The van der Waals surface area contributed by atoms with Crippen molar-refractivity contribution < 1.29 is 0 Å². The molecule has 2 atom stereocenters. The van der Waals surface area contributed by atoms with Gasteiger partial charge in [-0.2, -0.15) is 5.10 Å². The quantitative estimate of drug-likeness (QED) is 0.819. The van der Waals surface area contributed by atoms with E-state index < -0.39 is 0 Å². The lowest BCUT2D eigenvalue weighted by molar-refractivity contribution is 0.330. The van der Waals surface area contributed by atoms with Crippen LogP contribution in [0.4, 0.5) is 5.82 Å². The third-order valence-electron chi connectivity index (χ3n) is 3.69. The smallest absolute Gasteiger partial charge is 0.151 e. The Bertz CT molecular complexity index is 348. The molecule has 4 heteroatoms. The zero-order valence-corrected chi connectivity index (χ0v) is 10.7. The van der Waals surface area contributed by atoms with Gasteiger partial charge in [-0.1, -0.05) is 6.92 Å². The Kier molecular flexibility index (Phi) is 3.19. The summed E-state index contributed by atoms with van der Waals surface area (Å²) in [5.41, 5.74) is 2.51. The monoisotopic (exact) mass is 222 g/mol. The molecule has 1 fully saturated rings. The molecule has 1 aromatic rings. The van der Waals surface area contributed by atoms with Crippen LogP contribution in [0.5, 0.6) is 0 Å². The van der Waals surface area contributed by atoms with Crippen LogP contribution >= 0.6 is 0 Å². The molecule has 0 amide bonds. The van der Waals surface area contributed by atoms with Crippen molar-refractivity contribution in [3.63, 3.8) is 0 Å². The maximum Gasteiger partial charge on any atom is 0.151 e. The number of aromatic amines is 1. The standard InChI is InChI=1S/C12H22N4/c1-5-11-9(3)12(15-14-11)13-10-6-8(2)16(4)7-10/h8,10H,5-7H2,1-4H3,(H2,13,14,15). The maximum absolute atomic E-state index is 4.35. The Morgan fingerprint density at radius 1 is 1.56 bits per heavy atom. The number of aromatic nitrogens is 2. The van der Waals surface area contributed by atoms with Crippen LogP contribution < -0.4 is 5.32 Å². The van der Waals surface area contributed by atoms with Gasteiger partial charge in [0.05, 0.1) is 0 Å². The first-order valence-corrected chi connectivity index (χ1v) is 6.12. The summed E-state index contributed by atoms with van der Waals surface area (Å²) < 4.78 is 0. The summed E-state index contributed by atoms with van der Waals surface area (Å²) in [6.07, 6.45) is 2.21. The minimum atomic E-state index is 0.534. The molecule has 16 heavy (non-hydrogen) atoms. The van der Waals surface area contributed by atoms with Crippen molar-refractivity contribution in [2.75, 3.05) is 18.9 Å². The van der Waals surface area contributed by atoms with Crippen molar-refractivity contribution in [2.24, 2.45) is 0 Å². The summed E-state index contributed by atoms with van der Waals surface area (Å²) in [7, 11) is 2.18. The average Bonchev–Trinajstić information content (AvgIpc) is 2.74. The first-order chi connectivity index (χ1) is 7.61. The molecule has 2 unspecified atom stereocenters. The summed E-state index contributed by atoms with van der Waals surface area (Å²) in [5.74, 6) is 1.03. The Morgan fingerprint density at radius 3 is 2.81 bits per heavy atom. The van der Waals surface area contributed by atoms with Crippen LogP contribution in [-0.4, -0.2) is 40.8 Å². The number of likely N-dealkylation sites (tertiary alicyclic amines) is 1. The van der Waals surface area contributed by atoms with Crippen molar-refractivity contribution in [2.45, 2.75) is 45.7 Å². The van der Waals surface area contributed by atoms with Crippen LogP contribution in [-0.2, 0) is 6.42 Å². The Labute approximate surface area is 97.4 Å². The molecular weight excluding hydrogens is 200 g/mol. The van der Waals surface area contributed by atoms with Crippen molar-refractivity contribution in [3.05, 3.63) is 11.3 Å². The fourth-order valence-electron chi connectivity index (χ4n) is 2.41. The molecule has 1 aliphatic rings. The van der Waals surface area contributed by atoms with Gasteiger partial charge in [-0.3, -0.25) is 5.10 Å².